The summed E-state index contributed by atoms with van der Waals surface area (Å²) in [5, 5.41) is 0. The second-order valence-electron chi connectivity index (χ2n) is 4.81. The van der Waals surface area contributed by atoms with E-state index in [-0.39, 0.29) is 11.9 Å². The van der Waals surface area contributed by atoms with Gasteiger partial charge in [-0.25, -0.2) is 0 Å². The Kier molecular flexibility index (Phi) is 4.35. The first-order valence-electron chi connectivity index (χ1n) is 6.25. The van der Waals surface area contributed by atoms with Gasteiger partial charge in [0.1, 0.15) is 0 Å². The Morgan fingerprint density at radius 2 is 2.39 bits per heavy atom. The summed E-state index contributed by atoms with van der Waals surface area (Å²) in [6, 6.07) is 1.95. The van der Waals surface area contributed by atoms with Gasteiger partial charge in [0.2, 0.25) is 0 Å². The van der Waals surface area contributed by atoms with E-state index in [1.165, 1.54) is 0 Å². The number of piperidine rings is 1. The Balaban J connectivity index is 2.21. The van der Waals surface area contributed by atoms with Gasteiger partial charge in [0.15, 0.2) is 0 Å². The number of carbonyl (C=O) groups excluding carboxylic acids is 1. The van der Waals surface area contributed by atoms with Gasteiger partial charge in [-0.2, -0.15) is 0 Å². The molecule has 0 aliphatic carbocycles. The molecule has 2 N–H and O–H groups in total. The predicted molar refractivity (Wildman–Crippen MR) is 74.2 cm³/mol. The second kappa shape index (κ2) is 5.80. The van der Waals surface area contributed by atoms with E-state index in [4.69, 9.17) is 5.73 Å². The highest BCUT2D eigenvalue weighted by Crippen LogP contribution is 2.24. The van der Waals surface area contributed by atoms with E-state index in [9.17, 15) is 4.79 Å². The molecule has 4 nitrogen and oxygen atoms in total. The van der Waals surface area contributed by atoms with Crippen LogP contribution in [0.5, 0.6) is 0 Å². The molecule has 98 valence electrons. The van der Waals surface area contributed by atoms with Crippen molar-refractivity contribution in [3.05, 3.63) is 28.5 Å². The van der Waals surface area contributed by atoms with Gasteiger partial charge in [0, 0.05) is 36.0 Å². The van der Waals surface area contributed by atoms with Crippen LogP contribution < -0.4 is 5.73 Å². The van der Waals surface area contributed by atoms with E-state index < -0.39 is 0 Å². The highest BCUT2D eigenvalue weighted by Gasteiger charge is 2.31. The van der Waals surface area contributed by atoms with Crippen LogP contribution in [0.2, 0.25) is 0 Å². The van der Waals surface area contributed by atoms with Gasteiger partial charge in [-0.1, -0.05) is 6.92 Å². The molecule has 0 radical (unpaired) electrons. The molecule has 2 atom stereocenters. The molecular formula is C13H18BrN3O. The SMILES string of the molecule is CC1CCCN(C(=O)c2cncc(Br)c2)C1CN. The largest absolute Gasteiger partial charge is 0.334 e. The van der Waals surface area contributed by atoms with Crippen LogP contribution in [0.4, 0.5) is 0 Å². The lowest BCUT2D eigenvalue weighted by Crippen LogP contribution is -2.51. The van der Waals surface area contributed by atoms with Crippen molar-refractivity contribution < 1.29 is 4.79 Å². The minimum atomic E-state index is 0.0331. The first-order valence-corrected chi connectivity index (χ1v) is 7.04. The van der Waals surface area contributed by atoms with Crippen LogP contribution in [-0.4, -0.2) is 34.9 Å². The molecule has 18 heavy (non-hydrogen) atoms. The molecule has 0 aromatic carbocycles. The van der Waals surface area contributed by atoms with Gasteiger partial charge in [-0.3, -0.25) is 9.78 Å². The maximum absolute atomic E-state index is 12.5. The summed E-state index contributed by atoms with van der Waals surface area (Å²) >= 11 is 3.34. The Hall–Kier alpha value is -0.940. The number of nitrogens with zero attached hydrogens (tertiary/aromatic N) is 2. The van der Waals surface area contributed by atoms with Crippen molar-refractivity contribution in [1.29, 1.82) is 0 Å². The van der Waals surface area contributed by atoms with Crippen molar-refractivity contribution in [2.45, 2.75) is 25.8 Å². The summed E-state index contributed by atoms with van der Waals surface area (Å²) in [5.41, 5.74) is 6.43. The van der Waals surface area contributed by atoms with Gasteiger partial charge >= 0.3 is 0 Å². The van der Waals surface area contributed by atoms with Crippen molar-refractivity contribution in [3.8, 4) is 0 Å². The summed E-state index contributed by atoms with van der Waals surface area (Å²) < 4.78 is 0.822. The van der Waals surface area contributed by atoms with Crippen LogP contribution in [0.25, 0.3) is 0 Å². The number of rotatable bonds is 2. The third-order valence-electron chi connectivity index (χ3n) is 3.57. The maximum Gasteiger partial charge on any atom is 0.255 e. The molecule has 0 saturated carbocycles. The molecule has 1 amide bonds. The van der Waals surface area contributed by atoms with Crippen molar-refractivity contribution in [3.63, 3.8) is 0 Å². The zero-order valence-corrected chi connectivity index (χ0v) is 12.1. The normalized spacial score (nSPS) is 24.1. The second-order valence-corrected chi connectivity index (χ2v) is 5.73. The summed E-state index contributed by atoms with van der Waals surface area (Å²) in [5.74, 6) is 0.499. The van der Waals surface area contributed by atoms with Crippen LogP contribution in [0.1, 0.15) is 30.1 Å². The number of pyridine rings is 1. The molecule has 1 aromatic rings. The Morgan fingerprint density at radius 1 is 1.61 bits per heavy atom. The minimum absolute atomic E-state index is 0.0331. The lowest BCUT2D eigenvalue weighted by molar-refractivity contribution is 0.0532. The van der Waals surface area contributed by atoms with E-state index in [1.54, 1.807) is 12.4 Å². The summed E-state index contributed by atoms with van der Waals surface area (Å²) in [6.45, 7) is 3.47. The molecular weight excluding hydrogens is 294 g/mol. The summed E-state index contributed by atoms with van der Waals surface area (Å²) in [7, 11) is 0. The molecule has 0 spiro atoms. The number of nitrogens with two attached hydrogens (primary N) is 1. The molecule has 1 fully saturated rings. The van der Waals surface area contributed by atoms with Gasteiger partial charge < -0.3 is 10.6 Å². The average Bonchev–Trinajstić information content (AvgIpc) is 2.37. The number of likely N-dealkylation sites (tertiary alicyclic amines) is 1. The number of carbonyl (C=O) groups is 1. The highest BCUT2D eigenvalue weighted by molar-refractivity contribution is 9.10. The molecule has 1 aliphatic heterocycles. The lowest BCUT2D eigenvalue weighted by Gasteiger charge is -2.39. The molecule has 1 saturated heterocycles. The predicted octanol–water partition coefficient (Wildman–Crippen LogP) is 2.04. The lowest BCUT2D eigenvalue weighted by atomic mass is 9.90. The first kappa shape index (κ1) is 13.5. The Bertz CT molecular complexity index is 438. The maximum atomic E-state index is 12.5. The first-order chi connectivity index (χ1) is 8.63. The number of amides is 1. The monoisotopic (exact) mass is 311 g/mol. The van der Waals surface area contributed by atoms with Crippen molar-refractivity contribution >= 4 is 21.8 Å². The highest BCUT2D eigenvalue weighted by atomic mass is 79.9. The van der Waals surface area contributed by atoms with Crippen LogP contribution in [0.15, 0.2) is 22.9 Å². The fraction of sp³-hybridized carbons (Fsp3) is 0.538. The van der Waals surface area contributed by atoms with Gasteiger partial charge in [0.25, 0.3) is 5.91 Å². The van der Waals surface area contributed by atoms with E-state index in [1.807, 2.05) is 11.0 Å². The van der Waals surface area contributed by atoms with Crippen LogP contribution in [0, 0.1) is 5.92 Å². The zero-order valence-electron chi connectivity index (χ0n) is 10.5. The zero-order chi connectivity index (χ0) is 13.1. The quantitative estimate of drug-likeness (QED) is 0.909. The van der Waals surface area contributed by atoms with E-state index in [0.29, 0.717) is 18.0 Å². The molecule has 5 heteroatoms. The van der Waals surface area contributed by atoms with E-state index in [0.717, 1.165) is 23.9 Å². The van der Waals surface area contributed by atoms with E-state index >= 15 is 0 Å². The fourth-order valence-electron chi connectivity index (χ4n) is 2.56. The number of aromatic nitrogens is 1. The van der Waals surface area contributed by atoms with E-state index in [2.05, 4.69) is 27.8 Å². The van der Waals surface area contributed by atoms with Crippen molar-refractivity contribution in [1.82, 2.24) is 9.88 Å². The minimum Gasteiger partial charge on any atom is -0.334 e. The number of hydrogen-bond donors (Lipinski definition) is 1. The smallest absolute Gasteiger partial charge is 0.255 e. The molecule has 1 aliphatic rings. The summed E-state index contributed by atoms with van der Waals surface area (Å²) in [6.07, 6.45) is 5.48. The van der Waals surface area contributed by atoms with Crippen molar-refractivity contribution in [2.24, 2.45) is 11.7 Å². The van der Waals surface area contributed by atoms with Gasteiger partial charge in [-0.15, -0.1) is 0 Å². The summed E-state index contributed by atoms with van der Waals surface area (Å²) in [4.78, 5) is 18.4. The standard InChI is InChI=1S/C13H18BrN3O/c1-9-3-2-4-17(12(9)6-15)13(18)10-5-11(14)8-16-7-10/h5,7-9,12H,2-4,6,15H2,1H3. The molecule has 2 unspecified atom stereocenters. The van der Waals surface area contributed by atoms with Gasteiger partial charge in [0.05, 0.1) is 5.56 Å². The number of hydrogen-bond acceptors (Lipinski definition) is 3. The Labute approximate surface area is 116 Å². The van der Waals surface area contributed by atoms with Crippen LogP contribution in [0.3, 0.4) is 0 Å². The third-order valence-corrected chi connectivity index (χ3v) is 4.00. The van der Waals surface area contributed by atoms with Gasteiger partial charge in [-0.05, 0) is 40.8 Å². The molecule has 0 bridgehead atoms. The third kappa shape index (κ3) is 2.72. The average molecular weight is 312 g/mol. The molecule has 2 rings (SSSR count). The van der Waals surface area contributed by atoms with Crippen molar-refractivity contribution in [2.75, 3.05) is 13.1 Å². The molecule has 2 heterocycles. The topological polar surface area (TPSA) is 59.2 Å². The number of halogens is 1. The van der Waals surface area contributed by atoms with Crippen LogP contribution in [-0.2, 0) is 0 Å². The molecule has 1 aromatic heterocycles. The Morgan fingerprint density at radius 3 is 3.06 bits per heavy atom. The van der Waals surface area contributed by atoms with Crippen LogP contribution >= 0.6 is 15.9 Å². The fourth-order valence-corrected chi connectivity index (χ4v) is 2.92.